The summed E-state index contributed by atoms with van der Waals surface area (Å²) in [6.45, 7) is 6.54. The molecule has 1 aliphatic heterocycles. The number of benzene rings is 1. The molecule has 4 rings (SSSR count). The number of aromatic amines is 1. The standard InChI is InChI=1S/C24H28ClN5O5/c1-24(2,3)35-23(34)26-15-8-6-10-29(12-15)20-16(11-14-7-4-5-9-17(14)25)19-21(31)27-18(22(32)33)13-30(19)28-20/h4-5,7,9,13,15H,6,8,10-12H2,1-3H3,(H,26,34)(H,27,31)(H,32,33). The number of nitrogens with one attached hydrogen (secondary N) is 2. The van der Waals surface area contributed by atoms with Crippen LogP contribution in [0.5, 0.6) is 0 Å². The summed E-state index contributed by atoms with van der Waals surface area (Å²) in [5, 5.41) is 17.5. The number of hydrogen-bond acceptors (Lipinski definition) is 6. The molecule has 186 valence electrons. The van der Waals surface area contributed by atoms with Crippen LogP contribution in [0.25, 0.3) is 5.52 Å². The first-order valence-corrected chi connectivity index (χ1v) is 11.8. The molecule has 1 amide bonds. The Hall–Kier alpha value is -3.53. The lowest BCUT2D eigenvalue weighted by atomic mass is 10.0. The van der Waals surface area contributed by atoms with E-state index < -0.39 is 23.2 Å². The molecule has 0 aliphatic carbocycles. The summed E-state index contributed by atoms with van der Waals surface area (Å²) in [5.41, 5.74) is 0.286. The van der Waals surface area contributed by atoms with E-state index in [-0.39, 0.29) is 17.3 Å². The van der Waals surface area contributed by atoms with Crippen molar-refractivity contribution in [2.45, 2.75) is 51.7 Å². The number of nitrogens with zero attached hydrogens (tertiary/aromatic N) is 3. The minimum absolute atomic E-state index is 0.176. The van der Waals surface area contributed by atoms with E-state index in [0.717, 1.165) is 18.4 Å². The summed E-state index contributed by atoms with van der Waals surface area (Å²) >= 11 is 6.40. The maximum absolute atomic E-state index is 12.9. The fourth-order valence-electron chi connectivity index (χ4n) is 4.25. The fraction of sp³-hybridized carbons (Fsp3) is 0.417. The average molecular weight is 502 g/mol. The number of H-pyrrole nitrogens is 1. The van der Waals surface area contributed by atoms with Gasteiger partial charge in [0.25, 0.3) is 5.56 Å². The van der Waals surface area contributed by atoms with E-state index >= 15 is 0 Å². The van der Waals surface area contributed by atoms with Crippen molar-refractivity contribution in [2.24, 2.45) is 0 Å². The molecular weight excluding hydrogens is 474 g/mol. The van der Waals surface area contributed by atoms with Crippen molar-refractivity contribution in [1.29, 1.82) is 0 Å². The maximum Gasteiger partial charge on any atom is 0.407 e. The summed E-state index contributed by atoms with van der Waals surface area (Å²) in [5.74, 6) is -0.707. The van der Waals surface area contributed by atoms with E-state index in [1.165, 1.54) is 10.7 Å². The van der Waals surface area contributed by atoms with Gasteiger partial charge >= 0.3 is 12.1 Å². The predicted octanol–water partition coefficient (Wildman–Crippen LogP) is 3.46. The van der Waals surface area contributed by atoms with Gasteiger partial charge in [-0.25, -0.2) is 14.1 Å². The number of carboxylic acids is 1. The number of aromatic nitrogens is 3. The monoisotopic (exact) mass is 501 g/mol. The number of amides is 1. The van der Waals surface area contributed by atoms with E-state index in [2.05, 4.69) is 15.4 Å². The summed E-state index contributed by atoms with van der Waals surface area (Å²) in [6.07, 6.45) is 2.69. The molecule has 1 fully saturated rings. The van der Waals surface area contributed by atoms with Gasteiger partial charge in [0.1, 0.15) is 16.8 Å². The van der Waals surface area contributed by atoms with Gasteiger partial charge in [0.15, 0.2) is 5.82 Å². The molecule has 3 heterocycles. The van der Waals surface area contributed by atoms with E-state index in [1.807, 2.05) is 23.1 Å². The van der Waals surface area contributed by atoms with Gasteiger partial charge in [-0.3, -0.25) is 4.79 Å². The Labute approximate surface area is 206 Å². The highest BCUT2D eigenvalue weighted by Crippen LogP contribution is 2.30. The number of aromatic carboxylic acids is 1. The van der Waals surface area contributed by atoms with Crippen LogP contribution in [-0.4, -0.2) is 56.5 Å². The zero-order valence-corrected chi connectivity index (χ0v) is 20.6. The normalized spacial score (nSPS) is 16.3. The highest BCUT2D eigenvalue weighted by molar-refractivity contribution is 6.31. The zero-order valence-electron chi connectivity index (χ0n) is 19.8. The van der Waals surface area contributed by atoms with Gasteiger partial charge in [0.2, 0.25) is 0 Å². The van der Waals surface area contributed by atoms with Crippen LogP contribution in [0, 0.1) is 0 Å². The first-order valence-electron chi connectivity index (χ1n) is 11.4. The number of rotatable bonds is 5. The van der Waals surface area contributed by atoms with Crippen molar-refractivity contribution < 1.29 is 19.4 Å². The van der Waals surface area contributed by atoms with E-state index in [1.54, 1.807) is 26.8 Å². The Morgan fingerprint density at radius 2 is 2.06 bits per heavy atom. The number of hydrogen-bond donors (Lipinski definition) is 3. The lowest BCUT2D eigenvalue weighted by Gasteiger charge is -2.34. The van der Waals surface area contributed by atoms with Gasteiger partial charge in [0, 0.05) is 36.1 Å². The Bertz CT molecular complexity index is 1330. The molecule has 0 spiro atoms. The second-order valence-electron chi connectivity index (χ2n) is 9.60. The molecule has 1 unspecified atom stereocenters. The van der Waals surface area contributed by atoms with Crippen molar-refractivity contribution in [3.63, 3.8) is 0 Å². The van der Waals surface area contributed by atoms with Gasteiger partial charge in [-0.1, -0.05) is 29.8 Å². The third-order valence-corrected chi connectivity index (χ3v) is 6.07. The summed E-state index contributed by atoms with van der Waals surface area (Å²) in [7, 11) is 0. The summed E-state index contributed by atoms with van der Waals surface area (Å²) in [6, 6.07) is 7.16. The highest BCUT2D eigenvalue weighted by atomic mass is 35.5. The zero-order chi connectivity index (χ0) is 25.3. The Morgan fingerprint density at radius 3 is 2.74 bits per heavy atom. The summed E-state index contributed by atoms with van der Waals surface area (Å²) < 4.78 is 6.71. The number of carbonyl (C=O) groups is 2. The molecule has 1 atom stereocenters. The highest BCUT2D eigenvalue weighted by Gasteiger charge is 2.29. The number of ether oxygens (including phenoxy) is 1. The molecule has 2 aromatic heterocycles. The molecule has 3 N–H and O–H groups in total. The van der Waals surface area contributed by atoms with Gasteiger partial charge in [-0.05, 0) is 45.2 Å². The number of carbonyl (C=O) groups excluding carboxylic acids is 1. The molecule has 3 aromatic rings. The lowest BCUT2D eigenvalue weighted by molar-refractivity contribution is 0.0499. The Kier molecular flexibility index (Phi) is 6.75. The van der Waals surface area contributed by atoms with Crippen LogP contribution in [0.4, 0.5) is 10.6 Å². The Morgan fingerprint density at radius 1 is 1.31 bits per heavy atom. The molecule has 0 radical (unpaired) electrons. The molecule has 1 aliphatic rings. The molecule has 10 nitrogen and oxygen atoms in total. The maximum atomic E-state index is 12.9. The van der Waals surface area contributed by atoms with Gasteiger partial charge in [0.05, 0.1) is 6.20 Å². The van der Waals surface area contributed by atoms with Gasteiger partial charge in [-0.2, -0.15) is 0 Å². The van der Waals surface area contributed by atoms with Crippen molar-refractivity contribution in [1.82, 2.24) is 19.9 Å². The van der Waals surface area contributed by atoms with Crippen LogP contribution in [0.15, 0.2) is 35.3 Å². The molecule has 0 saturated carbocycles. The van der Waals surface area contributed by atoms with E-state index in [9.17, 15) is 19.5 Å². The molecule has 0 bridgehead atoms. The van der Waals surface area contributed by atoms with Gasteiger partial charge < -0.3 is 25.0 Å². The number of piperidine rings is 1. The third-order valence-electron chi connectivity index (χ3n) is 5.70. The largest absolute Gasteiger partial charge is 0.477 e. The lowest BCUT2D eigenvalue weighted by Crippen LogP contribution is -2.49. The smallest absolute Gasteiger partial charge is 0.407 e. The van der Waals surface area contributed by atoms with Crippen molar-refractivity contribution in [3.05, 3.63) is 62.7 Å². The van der Waals surface area contributed by atoms with Gasteiger partial charge in [-0.15, -0.1) is 5.10 Å². The number of fused-ring (bicyclic) bond motifs is 1. The minimum atomic E-state index is -1.26. The average Bonchev–Trinajstić information content (AvgIpc) is 3.13. The van der Waals surface area contributed by atoms with Crippen molar-refractivity contribution in [3.8, 4) is 0 Å². The second-order valence-corrected chi connectivity index (χ2v) is 10.0. The third kappa shape index (κ3) is 5.59. The van der Waals surface area contributed by atoms with Crippen LogP contribution in [-0.2, 0) is 11.2 Å². The van der Waals surface area contributed by atoms with Crippen molar-refractivity contribution >= 4 is 35.0 Å². The Balaban J connectivity index is 1.72. The molecular formula is C24H28ClN5O5. The summed E-state index contributed by atoms with van der Waals surface area (Å²) in [4.78, 5) is 41.2. The van der Waals surface area contributed by atoms with Crippen LogP contribution in [0.3, 0.4) is 0 Å². The number of anilines is 1. The quantitative estimate of drug-likeness (QED) is 0.488. The number of halogens is 1. The van der Waals surface area contributed by atoms with E-state index in [0.29, 0.717) is 35.9 Å². The molecule has 35 heavy (non-hydrogen) atoms. The molecule has 11 heteroatoms. The molecule has 1 saturated heterocycles. The first kappa shape index (κ1) is 24.6. The topological polar surface area (TPSA) is 129 Å². The first-order chi connectivity index (χ1) is 16.5. The second kappa shape index (κ2) is 9.61. The van der Waals surface area contributed by atoms with E-state index in [4.69, 9.17) is 16.3 Å². The molecule has 1 aromatic carbocycles. The van der Waals surface area contributed by atoms with Crippen molar-refractivity contribution in [2.75, 3.05) is 18.0 Å². The van der Waals surface area contributed by atoms with Crippen LogP contribution in [0.1, 0.15) is 55.2 Å². The minimum Gasteiger partial charge on any atom is -0.477 e. The number of alkyl carbamates (subject to hydrolysis) is 1. The fourth-order valence-corrected chi connectivity index (χ4v) is 4.45. The van der Waals surface area contributed by atoms with Crippen LogP contribution >= 0.6 is 11.6 Å². The predicted molar refractivity (Wildman–Crippen MR) is 132 cm³/mol. The SMILES string of the molecule is CC(C)(C)OC(=O)NC1CCCN(c2nn3cc(C(=O)O)[nH]c(=O)c3c2Cc2ccccc2Cl)C1. The van der Waals surface area contributed by atoms with Crippen LogP contribution < -0.4 is 15.8 Å². The number of carboxylic acid groups (broad SMARTS) is 1. The van der Waals surface area contributed by atoms with Crippen LogP contribution in [0.2, 0.25) is 5.02 Å².